The van der Waals surface area contributed by atoms with Gasteiger partial charge in [0.05, 0.1) is 24.6 Å². The number of ether oxygens (including phenoxy) is 1. The molecule has 0 amide bonds. The molecular formula is C17H18N4O2S2. The van der Waals surface area contributed by atoms with E-state index in [1.54, 1.807) is 17.7 Å². The van der Waals surface area contributed by atoms with E-state index in [1.165, 1.54) is 28.9 Å². The van der Waals surface area contributed by atoms with Crippen LogP contribution in [0.3, 0.4) is 0 Å². The molecule has 4 rings (SSSR count). The number of carbonyl (C=O) groups is 1. The van der Waals surface area contributed by atoms with E-state index >= 15 is 0 Å². The third kappa shape index (κ3) is 2.47. The van der Waals surface area contributed by atoms with Gasteiger partial charge in [0.25, 0.3) is 0 Å². The largest absolute Gasteiger partial charge is 0.465 e. The van der Waals surface area contributed by atoms with E-state index in [2.05, 4.69) is 28.7 Å². The number of methoxy groups -OCH3 is 1. The van der Waals surface area contributed by atoms with Gasteiger partial charge >= 0.3 is 5.97 Å². The summed E-state index contributed by atoms with van der Waals surface area (Å²) in [6.07, 6.45) is 2.38. The van der Waals surface area contributed by atoms with Crippen molar-refractivity contribution in [3.63, 3.8) is 0 Å². The molecule has 8 heteroatoms. The fraction of sp³-hybridized carbons (Fsp3) is 0.353. The quantitative estimate of drug-likeness (QED) is 0.693. The molecule has 0 radical (unpaired) electrons. The Balaban J connectivity index is 1.76. The highest BCUT2D eigenvalue weighted by Gasteiger charge is 2.29. The molecular weight excluding hydrogens is 356 g/mol. The molecule has 0 aliphatic carbocycles. The first-order valence-corrected chi connectivity index (χ1v) is 9.58. The van der Waals surface area contributed by atoms with Crippen LogP contribution in [0.15, 0.2) is 6.33 Å². The minimum atomic E-state index is -0.350. The van der Waals surface area contributed by atoms with E-state index in [1.807, 2.05) is 0 Å². The van der Waals surface area contributed by atoms with Crippen molar-refractivity contribution >= 4 is 49.7 Å². The van der Waals surface area contributed by atoms with Gasteiger partial charge in [-0.15, -0.1) is 22.7 Å². The Morgan fingerprint density at radius 1 is 1.32 bits per heavy atom. The van der Waals surface area contributed by atoms with Crippen LogP contribution in [0.5, 0.6) is 0 Å². The molecule has 3 aromatic heterocycles. The van der Waals surface area contributed by atoms with Crippen molar-refractivity contribution < 1.29 is 9.53 Å². The minimum Gasteiger partial charge on any atom is -0.465 e. The summed E-state index contributed by atoms with van der Waals surface area (Å²) in [6, 6.07) is 0. The lowest BCUT2D eigenvalue weighted by Crippen LogP contribution is -2.31. The van der Waals surface area contributed by atoms with Crippen LogP contribution in [0.4, 0.5) is 10.8 Å². The number of thiophene rings is 2. The zero-order chi connectivity index (χ0) is 17.7. The number of nitrogens with two attached hydrogens (primary N) is 1. The van der Waals surface area contributed by atoms with Gasteiger partial charge in [-0.25, -0.2) is 14.8 Å². The van der Waals surface area contributed by atoms with Gasteiger partial charge in [0.1, 0.15) is 22.0 Å². The van der Waals surface area contributed by atoms with Crippen LogP contribution in [0, 0.1) is 13.8 Å². The van der Waals surface area contributed by atoms with Crippen LogP contribution < -0.4 is 10.6 Å². The Labute approximate surface area is 153 Å². The number of nitrogen functional groups attached to an aromatic ring is 1. The van der Waals surface area contributed by atoms with Gasteiger partial charge in [0.15, 0.2) is 0 Å². The van der Waals surface area contributed by atoms with E-state index in [0.29, 0.717) is 17.1 Å². The lowest BCUT2D eigenvalue weighted by molar-refractivity contribution is 0.0601. The van der Waals surface area contributed by atoms with Crippen LogP contribution in [0.2, 0.25) is 0 Å². The Kier molecular flexibility index (Phi) is 3.88. The zero-order valence-electron chi connectivity index (χ0n) is 14.3. The van der Waals surface area contributed by atoms with Crippen molar-refractivity contribution in [3.05, 3.63) is 32.8 Å². The summed E-state index contributed by atoms with van der Waals surface area (Å²) >= 11 is 3.17. The first-order chi connectivity index (χ1) is 12.0. The molecule has 25 heavy (non-hydrogen) atoms. The van der Waals surface area contributed by atoms with Gasteiger partial charge in [-0.3, -0.25) is 0 Å². The molecule has 0 fully saturated rings. The molecule has 1 aliphatic rings. The van der Waals surface area contributed by atoms with E-state index in [9.17, 15) is 4.79 Å². The summed E-state index contributed by atoms with van der Waals surface area (Å²) in [5.74, 6) is 0.612. The summed E-state index contributed by atoms with van der Waals surface area (Å²) in [6.45, 7) is 5.71. The number of rotatable bonds is 2. The SMILES string of the molecule is COC(=O)c1c(N)sc2c1CCN(c1ncnc3sc(C)c(C)c13)C2. The summed E-state index contributed by atoms with van der Waals surface area (Å²) in [4.78, 5) is 26.6. The van der Waals surface area contributed by atoms with Crippen LogP contribution in [0.25, 0.3) is 10.2 Å². The number of fused-ring (bicyclic) bond motifs is 2. The number of anilines is 2. The summed E-state index contributed by atoms with van der Waals surface area (Å²) in [5, 5.41) is 1.67. The summed E-state index contributed by atoms with van der Waals surface area (Å²) in [5.41, 5.74) is 8.87. The Morgan fingerprint density at radius 2 is 2.12 bits per heavy atom. The van der Waals surface area contributed by atoms with E-state index < -0.39 is 0 Å². The number of nitrogens with zero attached hydrogens (tertiary/aromatic N) is 3. The lowest BCUT2D eigenvalue weighted by atomic mass is 10.0. The number of esters is 1. The highest BCUT2D eigenvalue weighted by atomic mass is 32.1. The van der Waals surface area contributed by atoms with Gasteiger partial charge in [-0.05, 0) is 31.4 Å². The molecule has 0 aromatic carbocycles. The third-order valence-corrected chi connectivity index (χ3v) is 6.88. The maximum absolute atomic E-state index is 12.0. The maximum atomic E-state index is 12.0. The molecule has 0 atom stereocenters. The standard InChI is InChI=1S/C17H18N4O2S2/c1-8-9(2)24-16-12(8)15(19-7-20-16)21-5-4-10-11(6-21)25-14(18)13(10)17(22)23-3/h7H,4-6,18H2,1-3H3. The predicted molar refractivity (Wildman–Crippen MR) is 102 cm³/mol. The van der Waals surface area contributed by atoms with E-state index in [-0.39, 0.29) is 5.97 Å². The molecule has 2 N–H and O–H groups in total. The predicted octanol–water partition coefficient (Wildman–Crippen LogP) is 3.30. The highest BCUT2D eigenvalue weighted by molar-refractivity contribution is 7.18. The first kappa shape index (κ1) is 16.3. The molecule has 3 aromatic rings. The number of carbonyl (C=O) groups excluding carboxylic acids is 1. The van der Waals surface area contributed by atoms with E-state index in [4.69, 9.17) is 10.5 Å². The van der Waals surface area contributed by atoms with Crippen molar-refractivity contribution in [1.29, 1.82) is 0 Å². The fourth-order valence-corrected chi connectivity index (χ4v) is 5.45. The molecule has 6 nitrogen and oxygen atoms in total. The van der Waals surface area contributed by atoms with E-state index in [0.717, 1.165) is 39.4 Å². The zero-order valence-corrected chi connectivity index (χ0v) is 15.9. The molecule has 4 heterocycles. The number of aryl methyl sites for hydroxylation is 2. The Hall–Kier alpha value is -2.19. The molecule has 0 spiro atoms. The second kappa shape index (κ2) is 5.96. The van der Waals surface area contributed by atoms with Crippen LogP contribution in [-0.4, -0.2) is 29.6 Å². The Bertz CT molecular complexity index is 992. The van der Waals surface area contributed by atoms with Gasteiger partial charge in [-0.2, -0.15) is 0 Å². The van der Waals surface area contributed by atoms with Crippen molar-refractivity contribution in [2.75, 3.05) is 24.3 Å². The topological polar surface area (TPSA) is 81.3 Å². The highest BCUT2D eigenvalue weighted by Crippen LogP contribution is 2.39. The number of hydrogen-bond donors (Lipinski definition) is 1. The molecule has 0 saturated heterocycles. The molecule has 0 bridgehead atoms. The van der Waals surface area contributed by atoms with Crippen LogP contribution in [-0.2, 0) is 17.7 Å². The average molecular weight is 374 g/mol. The fourth-order valence-electron chi connectivity index (χ4n) is 3.34. The molecule has 0 unspecified atom stereocenters. The van der Waals surface area contributed by atoms with Crippen LogP contribution >= 0.6 is 22.7 Å². The molecule has 130 valence electrons. The van der Waals surface area contributed by atoms with Crippen molar-refractivity contribution in [3.8, 4) is 0 Å². The summed E-state index contributed by atoms with van der Waals surface area (Å²) in [7, 11) is 1.39. The second-order valence-corrected chi connectivity index (χ2v) is 8.41. The maximum Gasteiger partial charge on any atom is 0.341 e. The average Bonchev–Trinajstić information content (AvgIpc) is 3.09. The normalized spacial score (nSPS) is 14.0. The third-order valence-electron chi connectivity index (χ3n) is 4.72. The monoisotopic (exact) mass is 374 g/mol. The first-order valence-electron chi connectivity index (χ1n) is 7.95. The van der Waals surface area contributed by atoms with Crippen molar-refractivity contribution in [2.45, 2.75) is 26.8 Å². The summed E-state index contributed by atoms with van der Waals surface area (Å²) < 4.78 is 4.88. The van der Waals surface area contributed by atoms with Crippen molar-refractivity contribution in [2.24, 2.45) is 0 Å². The number of hydrogen-bond acceptors (Lipinski definition) is 8. The molecule has 1 aliphatic heterocycles. The molecule has 0 saturated carbocycles. The Morgan fingerprint density at radius 3 is 2.88 bits per heavy atom. The van der Waals surface area contributed by atoms with Gasteiger partial charge < -0.3 is 15.4 Å². The second-order valence-electron chi connectivity index (χ2n) is 6.07. The number of aromatic nitrogens is 2. The van der Waals surface area contributed by atoms with Crippen molar-refractivity contribution in [1.82, 2.24) is 9.97 Å². The minimum absolute atomic E-state index is 0.350. The van der Waals surface area contributed by atoms with Gasteiger partial charge in [-0.1, -0.05) is 0 Å². The van der Waals surface area contributed by atoms with Gasteiger partial charge in [0, 0.05) is 16.3 Å². The van der Waals surface area contributed by atoms with Gasteiger partial charge in [0.2, 0.25) is 0 Å². The lowest BCUT2D eigenvalue weighted by Gasteiger charge is -2.28. The smallest absolute Gasteiger partial charge is 0.341 e. The van der Waals surface area contributed by atoms with Crippen LogP contribution in [0.1, 0.15) is 31.2 Å².